The summed E-state index contributed by atoms with van der Waals surface area (Å²) in [6.07, 6.45) is 5.25. The van der Waals surface area contributed by atoms with Gasteiger partial charge in [0.05, 0.1) is 17.8 Å². The molecule has 0 bridgehead atoms. The molecule has 0 unspecified atom stereocenters. The van der Waals surface area contributed by atoms with Crippen LogP contribution in [0.2, 0.25) is 0 Å². The molecule has 1 saturated carbocycles. The van der Waals surface area contributed by atoms with E-state index in [4.69, 9.17) is 18.0 Å². The second-order valence-corrected chi connectivity index (χ2v) is 6.17. The number of hydrogen-bond donors (Lipinski definition) is 1. The average Bonchev–Trinajstić information content (AvgIpc) is 2.49. The lowest BCUT2D eigenvalue weighted by molar-refractivity contribution is 0.358. The number of hydrogen-bond acceptors (Lipinski definition) is 3. The molecule has 1 rings (SSSR count). The van der Waals surface area contributed by atoms with Crippen molar-refractivity contribution in [1.29, 1.82) is 0 Å². The van der Waals surface area contributed by atoms with Gasteiger partial charge < -0.3 is 5.73 Å². The molecule has 0 aliphatic heterocycles. The molecule has 1 aliphatic rings. The number of rotatable bonds is 4. The van der Waals surface area contributed by atoms with E-state index in [-0.39, 0.29) is 17.6 Å². The fourth-order valence-electron chi connectivity index (χ4n) is 1.86. The summed E-state index contributed by atoms with van der Waals surface area (Å²) in [6, 6.07) is 0.103. The van der Waals surface area contributed by atoms with Crippen molar-refractivity contribution in [2.24, 2.45) is 5.73 Å². The highest BCUT2D eigenvalue weighted by Crippen LogP contribution is 2.24. The Labute approximate surface area is 90.5 Å². The van der Waals surface area contributed by atoms with Crippen molar-refractivity contribution in [1.82, 2.24) is 4.31 Å². The molecule has 2 N–H and O–H groups in total. The molecule has 0 radical (unpaired) electrons. The Morgan fingerprint density at radius 2 is 2.00 bits per heavy atom. The highest BCUT2D eigenvalue weighted by molar-refractivity contribution is 7.88. The lowest BCUT2D eigenvalue weighted by Gasteiger charge is -2.25. The van der Waals surface area contributed by atoms with Gasteiger partial charge in [-0.2, -0.15) is 4.31 Å². The topological polar surface area (TPSA) is 63.4 Å². The SMILES string of the molecule is CS(=O)(=O)N(CC(N)=S)C1CCCC1. The molecule has 4 nitrogen and oxygen atoms in total. The highest BCUT2D eigenvalue weighted by atomic mass is 32.2. The molecule has 0 amide bonds. The van der Waals surface area contributed by atoms with Crippen molar-refractivity contribution >= 4 is 27.2 Å². The second kappa shape index (κ2) is 4.55. The van der Waals surface area contributed by atoms with Crippen molar-refractivity contribution in [3.8, 4) is 0 Å². The second-order valence-electron chi connectivity index (χ2n) is 3.71. The maximum absolute atomic E-state index is 11.5. The third-order valence-electron chi connectivity index (χ3n) is 2.47. The van der Waals surface area contributed by atoms with E-state index in [0.29, 0.717) is 0 Å². The first kappa shape index (κ1) is 11.9. The van der Waals surface area contributed by atoms with E-state index in [9.17, 15) is 8.42 Å². The van der Waals surface area contributed by atoms with Crippen LogP contribution in [0.3, 0.4) is 0 Å². The smallest absolute Gasteiger partial charge is 0.211 e. The summed E-state index contributed by atoms with van der Waals surface area (Å²) in [7, 11) is -3.18. The Balaban J connectivity index is 2.75. The maximum Gasteiger partial charge on any atom is 0.211 e. The monoisotopic (exact) mass is 236 g/mol. The van der Waals surface area contributed by atoms with Crippen molar-refractivity contribution in [3.63, 3.8) is 0 Å². The molecule has 0 saturated heterocycles. The van der Waals surface area contributed by atoms with Gasteiger partial charge in [-0.3, -0.25) is 0 Å². The van der Waals surface area contributed by atoms with Crippen LogP contribution >= 0.6 is 12.2 Å². The van der Waals surface area contributed by atoms with E-state index in [2.05, 4.69) is 0 Å². The summed E-state index contributed by atoms with van der Waals surface area (Å²) in [6.45, 7) is 0.179. The Kier molecular flexibility index (Phi) is 3.86. The molecule has 14 heavy (non-hydrogen) atoms. The van der Waals surface area contributed by atoms with Gasteiger partial charge in [-0.25, -0.2) is 8.42 Å². The van der Waals surface area contributed by atoms with Gasteiger partial charge in [0, 0.05) is 6.04 Å². The summed E-state index contributed by atoms with van der Waals surface area (Å²) in [5, 5.41) is 0. The fourth-order valence-corrected chi connectivity index (χ4v) is 3.21. The van der Waals surface area contributed by atoms with Gasteiger partial charge >= 0.3 is 0 Å². The molecule has 0 aromatic carbocycles. The lowest BCUT2D eigenvalue weighted by atomic mass is 10.2. The average molecular weight is 236 g/mol. The van der Waals surface area contributed by atoms with Gasteiger partial charge in [0.2, 0.25) is 10.0 Å². The Bertz CT molecular complexity index is 307. The highest BCUT2D eigenvalue weighted by Gasteiger charge is 2.29. The van der Waals surface area contributed by atoms with Gasteiger partial charge in [0.1, 0.15) is 0 Å². The summed E-state index contributed by atoms with van der Waals surface area (Å²) in [5.74, 6) is 0. The molecular formula is C8H16N2O2S2. The number of nitrogens with two attached hydrogens (primary N) is 1. The minimum absolute atomic E-state index is 0.103. The zero-order valence-electron chi connectivity index (χ0n) is 8.27. The van der Waals surface area contributed by atoms with Crippen molar-refractivity contribution in [2.45, 2.75) is 31.7 Å². The summed E-state index contributed by atoms with van der Waals surface area (Å²) in [4.78, 5) is 0.238. The van der Waals surface area contributed by atoms with Crippen LogP contribution in [0.15, 0.2) is 0 Å². The van der Waals surface area contributed by atoms with Crippen LogP contribution in [-0.4, -0.2) is 36.6 Å². The predicted octanol–water partition coefficient (Wildman–Crippen LogP) is 0.477. The normalized spacial score (nSPS) is 19.0. The molecule has 0 aromatic heterocycles. The predicted molar refractivity (Wildman–Crippen MR) is 60.6 cm³/mol. The Hall–Kier alpha value is -0.200. The molecule has 0 aromatic rings. The minimum atomic E-state index is -3.18. The maximum atomic E-state index is 11.5. The zero-order chi connectivity index (χ0) is 10.8. The van der Waals surface area contributed by atoms with Gasteiger partial charge in [0.25, 0.3) is 0 Å². The molecule has 1 aliphatic carbocycles. The van der Waals surface area contributed by atoms with E-state index in [1.54, 1.807) is 0 Å². The van der Waals surface area contributed by atoms with Crippen LogP contribution in [-0.2, 0) is 10.0 Å². The Morgan fingerprint density at radius 1 is 1.50 bits per heavy atom. The van der Waals surface area contributed by atoms with Crippen molar-refractivity contribution in [2.75, 3.05) is 12.8 Å². The van der Waals surface area contributed by atoms with E-state index in [1.807, 2.05) is 0 Å². The van der Waals surface area contributed by atoms with Crippen LogP contribution < -0.4 is 5.73 Å². The van der Waals surface area contributed by atoms with Crippen molar-refractivity contribution < 1.29 is 8.42 Å². The molecule has 0 atom stereocenters. The third-order valence-corrected chi connectivity index (χ3v) is 3.88. The van der Waals surface area contributed by atoms with E-state index < -0.39 is 10.0 Å². The summed E-state index contributed by atoms with van der Waals surface area (Å²) < 4.78 is 24.4. The van der Waals surface area contributed by atoms with Gasteiger partial charge in [0.15, 0.2) is 0 Å². The van der Waals surface area contributed by atoms with E-state index in [1.165, 1.54) is 10.6 Å². The van der Waals surface area contributed by atoms with Crippen LogP contribution in [0.1, 0.15) is 25.7 Å². The lowest BCUT2D eigenvalue weighted by Crippen LogP contribution is -2.42. The van der Waals surface area contributed by atoms with E-state index in [0.717, 1.165) is 25.7 Å². The molecule has 6 heteroatoms. The van der Waals surface area contributed by atoms with Crippen LogP contribution in [0.4, 0.5) is 0 Å². The third kappa shape index (κ3) is 3.18. The quantitative estimate of drug-likeness (QED) is 0.721. The standard InChI is InChI=1S/C8H16N2O2S2/c1-14(11,12)10(6-8(9)13)7-4-2-3-5-7/h7H,2-6H2,1H3,(H2,9,13). The van der Waals surface area contributed by atoms with Crippen LogP contribution in [0.5, 0.6) is 0 Å². The summed E-state index contributed by atoms with van der Waals surface area (Å²) in [5.41, 5.74) is 5.38. The Morgan fingerprint density at radius 3 is 2.36 bits per heavy atom. The molecule has 0 spiro atoms. The van der Waals surface area contributed by atoms with Crippen LogP contribution in [0, 0.1) is 0 Å². The van der Waals surface area contributed by atoms with Crippen molar-refractivity contribution in [3.05, 3.63) is 0 Å². The van der Waals surface area contributed by atoms with E-state index >= 15 is 0 Å². The minimum Gasteiger partial charge on any atom is -0.392 e. The zero-order valence-corrected chi connectivity index (χ0v) is 9.90. The first-order valence-electron chi connectivity index (χ1n) is 4.66. The molecular weight excluding hydrogens is 220 g/mol. The first-order valence-corrected chi connectivity index (χ1v) is 6.92. The first-order chi connectivity index (χ1) is 6.41. The molecule has 0 heterocycles. The largest absolute Gasteiger partial charge is 0.392 e. The van der Waals surface area contributed by atoms with Gasteiger partial charge in [-0.15, -0.1) is 0 Å². The summed E-state index contributed by atoms with van der Waals surface area (Å²) >= 11 is 4.75. The fraction of sp³-hybridized carbons (Fsp3) is 0.875. The molecule has 1 fully saturated rings. The van der Waals surface area contributed by atoms with Gasteiger partial charge in [-0.1, -0.05) is 25.1 Å². The van der Waals surface area contributed by atoms with Gasteiger partial charge in [-0.05, 0) is 12.8 Å². The molecule has 82 valence electrons. The number of sulfonamides is 1. The van der Waals surface area contributed by atoms with Crippen LogP contribution in [0.25, 0.3) is 0 Å². The number of nitrogens with zero attached hydrogens (tertiary/aromatic N) is 1. The number of thiocarbonyl (C=S) groups is 1.